The molecule has 1 fully saturated rings. The van der Waals surface area contributed by atoms with Crippen molar-refractivity contribution in [3.05, 3.63) is 206 Å². The smallest absolute Gasteiger partial charge is 0.250 e. The summed E-state index contributed by atoms with van der Waals surface area (Å²) in [4.78, 5) is 4.53. The fourth-order valence-corrected chi connectivity index (χ4v) is 17.1. The van der Waals surface area contributed by atoms with Gasteiger partial charge >= 0.3 is 0 Å². The van der Waals surface area contributed by atoms with Crippen molar-refractivity contribution in [3.63, 3.8) is 0 Å². The first-order valence-electron chi connectivity index (χ1n) is 29.4. The number of rotatable bonds is 5. The molecule has 77 heavy (non-hydrogen) atoms. The number of hydrogen-bond donors (Lipinski definition) is 0. The minimum Gasteiger partial charge on any atom is -0.335 e. The Labute approximate surface area is 467 Å². The largest absolute Gasteiger partial charge is 0.335 e. The molecule has 3 heteroatoms. The molecule has 0 bridgehead atoms. The fraction of sp³-hybridized carbons (Fsp3) is 0.405. The van der Waals surface area contributed by atoms with Crippen LogP contribution in [0.15, 0.2) is 140 Å². The summed E-state index contributed by atoms with van der Waals surface area (Å²) in [6, 6.07) is 57.0. The average molecular weight is 1030 g/mol. The maximum atomic E-state index is 3.00. The van der Waals surface area contributed by atoms with Gasteiger partial charge in [0.25, 0.3) is 0 Å². The zero-order valence-corrected chi connectivity index (χ0v) is 49.9. The summed E-state index contributed by atoms with van der Waals surface area (Å²) < 4.78 is 1.45. The van der Waals surface area contributed by atoms with Crippen molar-refractivity contribution in [1.82, 2.24) is 0 Å². The van der Waals surface area contributed by atoms with Crippen molar-refractivity contribution in [2.45, 2.75) is 192 Å². The molecular formula is C74H82BNS. The van der Waals surface area contributed by atoms with Gasteiger partial charge in [-0.05, 0) is 172 Å². The van der Waals surface area contributed by atoms with Crippen LogP contribution in [0.4, 0.5) is 11.4 Å². The Balaban J connectivity index is 1.19. The highest BCUT2D eigenvalue weighted by Crippen LogP contribution is 2.63. The van der Waals surface area contributed by atoms with E-state index in [0.29, 0.717) is 0 Å². The summed E-state index contributed by atoms with van der Waals surface area (Å²) in [6.07, 6.45) is 7.26. The second-order valence-electron chi connectivity index (χ2n) is 29.4. The third-order valence-corrected chi connectivity index (χ3v) is 21.9. The van der Waals surface area contributed by atoms with E-state index in [2.05, 4.69) is 260 Å². The Bertz CT molecular complexity index is 3600. The summed E-state index contributed by atoms with van der Waals surface area (Å²) >= 11 is 2.12. The number of benzene rings is 7. The van der Waals surface area contributed by atoms with Gasteiger partial charge < -0.3 is 4.90 Å². The average Bonchev–Trinajstić information content (AvgIpc) is 3.11. The quantitative estimate of drug-likeness (QED) is 0.123. The minimum atomic E-state index is -0.122. The third-order valence-electron chi connectivity index (χ3n) is 20.7. The molecule has 8 aromatic rings. The van der Waals surface area contributed by atoms with Crippen molar-refractivity contribution < 1.29 is 0 Å². The maximum Gasteiger partial charge on any atom is 0.250 e. The van der Waals surface area contributed by atoms with Gasteiger partial charge in [0.2, 0.25) is 6.71 Å². The van der Waals surface area contributed by atoms with Gasteiger partial charge in [-0.15, -0.1) is 11.3 Å². The summed E-state index contributed by atoms with van der Waals surface area (Å²) in [5, 5.41) is 1.48. The molecule has 1 saturated carbocycles. The first kappa shape index (κ1) is 50.8. The van der Waals surface area contributed by atoms with E-state index in [0.717, 1.165) is 6.42 Å². The van der Waals surface area contributed by atoms with Crippen molar-refractivity contribution in [3.8, 4) is 11.1 Å². The SMILES string of the molecule is CC(C)(C)c1ccc(C(c2ccc(C(C)(C)C)cc2)c2cc3c4c(c2)N2c5c(ccc(-c6ccccc6)c5B4c4c(sc5cc6c(cc45)C(C)(C)CCC6(C)C)C3c3ccc(C(C)(C)C)cc3)C3(C)CCCCC23C)cc1. The van der Waals surface area contributed by atoms with Crippen LogP contribution in [0.25, 0.3) is 21.2 Å². The first-order valence-corrected chi connectivity index (χ1v) is 30.3. The van der Waals surface area contributed by atoms with Crippen molar-refractivity contribution >= 4 is 55.9 Å². The zero-order chi connectivity index (χ0) is 54.1. The van der Waals surface area contributed by atoms with Crippen LogP contribution in [0, 0.1) is 0 Å². The molecule has 3 aliphatic heterocycles. The minimum absolute atomic E-state index is 0.0200. The highest BCUT2D eigenvalue weighted by Gasteiger charge is 2.62. The Morgan fingerprint density at radius 3 is 1.64 bits per heavy atom. The summed E-state index contributed by atoms with van der Waals surface area (Å²) in [5.41, 5.74) is 26.2. The number of fused-ring (bicyclic) bond motifs is 10. The maximum absolute atomic E-state index is 3.00. The molecule has 1 aromatic heterocycles. The van der Waals surface area contributed by atoms with Crippen LogP contribution in [0.5, 0.6) is 0 Å². The standard InChI is InChI=1S/C74H82BNS/c1-68(2,3)50-29-23-46(24-30-50)61(47-25-31-51(32-26-47)69(4,5)6)49-41-55-62(48-27-33-52(34-28-48)70(7,8)9)67-65(54-43-57-58(44-60(54)77-67)72(12,13)40-39-71(57,10)11)75-63(55)59(42-49)76-66-56(73(14)37-19-20-38-74(73,76)15)36-35-53(64(66)75)45-21-17-16-18-22-45/h16-18,21-36,41-44,61-62H,19-20,37-40H2,1-15H3. The van der Waals surface area contributed by atoms with E-state index in [1.54, 1.807) is 22.2 Å². The van der Waals surface area contributed by atoms with Gasteiger partial charge in [-0.2, -0.15) is 0 Å². The first-order chi connectivity index (χ1) is 36.3. The van der Waals surface area contributed by atoms with Crippen LogP contribution in [0.1, 0.15) is 220 Å². The molecule has 7 aromatic carbocycles. The van der Waals surface area contributed by atoms with Gasteiger partial charge in [0.15, 0.2) is 0 Å². The molecule has 2 aliphatic carbocycles. The van der Waals surface area contributed by atoms with Gasteiger partial charge in [0.05, 0.1) is 5.54 Å². The van der Waals surface area contributed by atoms with E-state index < -0.39 is 0 Å². The molecule has 5 aliphatic rings. The van der Waals surface area contributed by atoms with Crippen molar-refractivity contribution in [1.29, 1.82) is 0 Å². The molecule has 1 nitrogen and oxygen atoms in total. The number of hydrogen-bond acceptors (Lipinski definition) is 2. The van der Waals surface area contributed by atoms with E-state index >= 15 is 0 Å². The van der Waals surface area contributed by atoms with Crippen molar-refractivity contribution in [2.75, 3.05) is 4.90 Å². The molecule has 0 spiro atoms. The van der Waals surface area contributed by atoms with E-state index in [1.165, 1.54) is 125 Å². The molecule has 13 rings (SSSR count). The van der Waals surface area contributed by atoms with Crippen LogP contribution >= 0.6 is 11.3 Å². The Hall–Kier alpha value is -5.64. The Kier molecular flexibility index (Phi) is 11.2. The lowest BCUT2D eigenvalue weighted by atomic mass is 9.30. The van der Waals surface area contributed by atoms with Crippen LogP contribution < -0.4 is 21.3 Å². The zero-order valence-electron chi connectivity index (χ0n) is 49.1. The lowest BCUT2D eigenvalue weighted by Gasteiger charge is -2.52. The van der Waals surface area contributed by atoms with Crippen LogP contribution in [-0.2, 0) is 32.5 Å². The predicted molar refractivity (Wildman–Crippen MR) is 334 cm³/mol. The second-order valence-corrected chi connectivity index (χ2v) is 30.5. The van der Waals surface area contributed by atoms with Gasteiger partial charge in [0, 0.05) is 38.2 Å². The molecular weight excluding hydrogens is 946 g/mol. The summed E-state index contributed by atoms with van der Waals surface area (Å²) in [7, 11) is 0. The van der Waals surface area contributed by atoms with Crippen LogP contribution in [0.3, 0.4) is 0 Å². The van der Waals surface area contributed by atoms with Gasteiger partial charge in [0.1, 0.15) is 0 Å². The molecule has 3 unspecified atom stereocenters. The van der Waals surface area contributed by atoms with Gasteiger partial charge in [-0.25, -0.2) is 0 Å². The van der Waals surface area contributed by atoms with E-state index in [-0.39, 0.29) is 56.6 Å². The normalized spacial score (nSPS) is 21.9. The lowest BCUT2D eigenvalue weighted by molar-refractivity contribution is 0.195. The predicted octanol–water partition coefficient (Wildman–Crippen LogP) is 18.1. The molecule has 0 saturated heterocycles. The van der Waals surface area contributed by atoms with Crippen molar-refractivity contribution in [2.24, 2.45) is 0 Å². The van der Waals surface area contributed by atoms with E-state index in [9.17, 15) is 0 Å². The number of anilines is 2. The molecule has 0 N–H and O–H groups in total. The highest BCUT2D eigenvalue weighted by molar-refractivity contribution is 7.22. The number of thiophene rings is 1. The molecule has 3 atom stereocenters. The monoisotopic (exact) mass is 1030 g/mol. The fourth-order valence-electron chi connectivity index (χ4n) is 15.7. The summed E-state index contributed by atoms with van der Waals surface area (Å²) in [5.74, 6) is 0.0660. The molecule has 392 valence electrons. The van der Waals surface area contributed by atoms with Gasteiger partial charge in [-0.3, -0.25) is 0 Å². The number of nitrogens with zero attached hydrogens (tertiary/aromatic N) is 1. The lowest BCUT2D eigenvalue weighted by Crippen LogP contribution is -2.65. The molecule has 4 heterocycles. The van der Waals surface area contributed by atoms with E-state index in [4.69, 9.17) is 0 Å². The van der Waals surface area contributed by atoms with Gasteiger partial charge in [-0.1, -0.05) is 231 Å². The highest BCUT2D eigenvalue weighted by atomic mass is 32.1. The Morgan fingerprint density at radius 1 is 0.519 bits per heavy atom. The van der Waals surface area contributed by atoms with Crippen LogP contribution in [-0.4, -0.2) is 12.3 Å². The summed E-state index contributed by atoms with van der Waals surface area (Å²) in [6.45, 7) is 36.5. The topological polar surface area (TPSA) is 3.24 Å². The molecule has 0 amide bonds. The molecule has 0 radical (unpaired) electrons. The van der Waals surface area contributed by atoms with Crippen LogP contribution in [0.2, 0.25) is 0 Å². The Morgan fingerprint density at radius 2 is 1.06 bits per heavy atom. The van der Waals surface area contributed by atoms with E-state index in [1.807, 2.05) is 0 Å². The second kappa shape index (κ2) is 16.9. The third kappa shape index (κ3) is 7.57.